The highest BCUT2D eigenvalue weighted by molar-refractivity contribution is 5.75. The summed E-state index contributed by atoms with van der Waals surface area (Å²) in [6, 6.07) is 8.19. The molecule has 1 fully saturated rings. The molecule has 3 N–H and O–H groups in total. The quantitative estimate of drug-likeness (QED) is 0.793. The van der Waals surface area contributed by atoms with E-state index in [0.717, 1.165) is 11.6 Å². The summed E-state index contributed by atoms with van der Waals surface area (Å²) in [5.41, 5.74) is 6.09. The van der Waals surface area contributed by atoms with Gasteiger partial charge in [-0.05, 0) is 30.9 Å². The number of rotatable bonds is 5. The number of benzene rings is 1. The van der Waals surface area contributed by atoms with Gasteiger partial charge in [0.05, 0.1) is 0 Å². The van der Waals surface area contributed by atoms with Crippen molar-refractivity contribution in [2.75, 3.05) is 11.9 Å². The molecule has 0 saturated heterocycles. The van der Waals surface area contributed by atoms with E-state index in [1.165, 1.54) is 12.8 Å². The maximum atomic E-state index is 10.7. The van der Waals surface area contributed by atoms with E-state index < -0.39 is 5.91 Å². The molecule has 0 radical (unpaired) electrons. The third-order valence-electron chi connectivity index (χ3n) is 3.93. The van der Waals surface area contributed by atoms with E-state index in [-0.39, 0.29) is 6.61 Å². The van der Waals surface area contributed by atoms with Crippen LogP contribution in [0.2, 0.25) is 0 Å². The predicted octanol–water partition coefficient (Wildman–Crippen LogP) is 1.93. The molecule has 1 aromatic rings. The second kappa shape index (κ2) is 4.96. The van der Waals surface area contributed by atoms with Crippen molar-refractivity contribution in [3.63, 3.8) is 0 Å². The standard InChI is InChI=1S/C15H18N2O2/c16-15(18)9-19-12-5-2-4-11(8-12)17-14-7-10-3-1-6-13(10)14/h1-2,4-6,8,10,13-14,17H,3,7,9H2,(H2,16,18). The number of nitrogens with one attached hydrogen (secondary N) is 1. The molecular weight excluding hydrogens is 240 g/mol. The van der Waals surface area contributed by atoms with E-state index in [1.54, 1.807) is 0 Å². The molecule has 19 heavy (non-hydrogen) atoms. The Morgan fingerprint density at radius 2 is 2.37 bits per heavy atom. The zero-order chi connectivity index (χ0) is 13.2. The molecule has 4 heteroatoms. The molecule has 3 rings (SSSR count). The first kappa shape index (κ1) is 12.1. The number of fused-ring (bicyclic) bond motifs is 1. The number of allylic oxidation sites excluding steroid dienone is 1. The van der Waals surface area contributed by atoms with E-state index >= 15 is 0 Å². The highest BCUT2D eigenvalue weighted by Crippen LogP contribution is 2.44. The van der Waals surface area contributed by atoms with Crippen LogP contribution in [0.5, 0.6) is 5.75 Å². The first-order valence-corrected chi connectivity index (χ1v) is 6.67. The van der Waals surface area contributed by atoms with Gasteiger partial charge in [0.1, 0.15) is 5.75 Å². The van der Waals surface area contributed by atoms with Crippen molar-refractivity contribution < 1.29 is 9.53 Å². The first-order chi connectivity index (χ1) is 9.22. The van der Waals surface area contributed by atoms with Crippen LogP contribution >= 0.6 is 0 Å². The number of nitrogens with two attached hydrogens (primary N) is 1. The average molecular weight is 258 g/mol. The predicted molar refractivity (Wildman–Crippen MR) is 73.9 cm³/mol. The van der Waals surface area contributed by atoms with Gasteiger partial charge in [-0.2, -0.15) is 0 Å². The molecule has 1 saturated carbocycles. The third-order valence-corrected chi connectivity index (χ3v) is 3.93. The Kier molecular flexibility index (Phi) is 3.15. The molecule has 0 spiro atoms. The van der Waals surface area contributed by atoms with Crippen LogP contribution in [0, 0.1) is 11.8 Å². The lowest BCUT2D eigenvalue weighted by molar-refractivity contribution is -0.119. The summed E-state index contributed by atoms with van der Waals surface area (Å²) in [5, 5.41) is 3.53. The number of carbonyl (C=O) groups excluding carboxylic acids is 1. The monoisotopic (exact) mass is 258 g/mol. The molecular formula is C15H18N2O2. The Morgan fingerprint density at radius 3 is 3.16 bits per heavy atom. The Labute approximate surface area is 112 Å². The number of hydrogen-bond donors (Lipinski definition) is 2. The number of amides is 1. The molecule has 100 valence electrons. The fourth-order valence-electron chi connectivity index (χ4n) is 2.93. The van der Waals surface area contributed by atoms with Gasteiger partial charge >= 0.3 is 0 Å². The van der Waals surface area contributed by atoms with Gasteiger partial charge in [-0.15, -0.1) is 0 Å². The number of anilines is 1. The summed E-state index contributed by atoms with van der Waals surface area (Å²) in [5.74, 6) is 1.72. The molecule has 2 aliphatic carbocycles. The van der Waals surface area contributed by atoms with Gasteiger partial charge in [-0.1, -0.05) is 18.2 Å². The Balaban J connectivity index is 1.60. The second-order valence-electron chi connectivity index (χ2n) is 5.27. The summed E-state index contributed by atoms with van der Waals surface area (Å²) in [4.78, 5) is 10.7. The summed E-state index contributed by atoms with van der Waals surface area (Å²) < 4.78 is 5.30. The fourth-order valence-corrected chi connectivity index (χ4v) is 2.93. The summed E-state index contributed by atoms with van der Waals surface area (Å²) >= 11 is 0. The molecule has 3 unspecified atom stereocenters. The Bertz CT molecular complexity index is 513. The Hall–Kier alpha value is -1.97. The lowest BCUT2D eigenvalue weighted by atomic mass is 9.71. The molecule has 0 aromatic heterocycles. The lowest BCUT2D eigenvalue weighted by Gasteiger charge is -2.41. The molecule has 2 aliphatic rings. The molecule has 0 heterocycles. The minimum Gasteiger partial charge on any atom is -0.484 e. The van der Waals surface area contributed by atoms with Crippen molar-refractivity contribution >= 4 is 11.6 Å². The van der Waals surface area contributed by atoms with Gasteiger partial charge in [0, 0.05) is 23.7 Å². The van der Waals surface area contributed by atoms with Gasteiger partial charge in [0.25, 0.3) is 5.91 Å². The minimum atomic E-state index is -0.462. The van der Waals surface area contributed by atoms with Crippen molar-refractivity contribution in [1.82, 2.24) is 0 Å². The van der Waals surface area contributed by atoms with Gasteiger partial charge in [-0.3, -0.25) is 4.79 Å². The average Bonchev–Trinajstić information content (AvgIpc) is 2.75. The zero-order valence-corrected chi connectivity index (χ0v) is 10.7. The van der Waals surface area contributed by atoms with Crippen LogP contribution < -0.4 is 15.8 Å². The van der Waals surface area contributed by atoms with Crippen molar-refractivity contribution in [1.29, 1.82) is 0 Å². The van der Waals surface area contributed by atoms with Crippen LogP contribution in [0.1, 0.15) is 12.8 Å². The van der Waals surface area contributed by atoms with Crippen molar-refractivity contribution in [3.05, 3.63) is 36.4 Å². The lowest BCUT2D eigenvalue weighted by Crippen LogP contribution is -2.43. The highest BCUT2D eigenvalue weighted by Gasteiger charge is 2.40. The van der Waals surface area contributed by atoms with Crippen LogP contribution in [0.25, 0.3) is 0 Å². The van der Waals surface area contributed by atoms with Crippen LogP contribution in [-0.4, -0.2) is 18.6 Å². The van der Waals surface area contributed by atoms with E-state index in [2.05, 4.69) is 17.5 Å². The van der Waals surface area contributed by atoms with Gasteiger partial charge < -0.3 is 15.8 Å². The first-order valence-electron chi connectivity index (χ1n) is 6.67. The normalized spacial score (nSPS) is 27.5. The van der Waals surface area contributed by atoms with E-state index in [9.17, 15) is 4.79 Å². The maximum Gasteiger partial charge on any atom is 0.255 e. The van der Waals surface area contributed by atoms with Crippen LogP contribution in [0.3, 0.4) is 0 Å². The third kappa shape index (κ3) is 2.57. The van der Waals surface area contributed by atoms with Gasteiger partial charge in [0.15, 0.2) is 6.61 Å². The minimum absolute atomic E-state index is 0.0830. The number of carbonyl (C=O) groups is 1. The van der Waals surface area contributed by atoms with E-state index in [4.69, 9.17) is 10.5 Å². The molecule has 1 amide bonds. The number of hydrogen-bond acceptors (Lipinski definition) is 3. The summed E-state index contributed by atoms with van der Waals surface area (Å²) in [6.45, 7) is -0.0830. The summed E-state index contributed by atoms with van der Waals surface area (Å²) in [6.07, 6.45) is 7.05. The van der Waals surface area contributed by atoms with E-state index in [1.807, 2.05) is 24.3 Å². The van der Waals surface area contributed by atoms with Gasteiger partial charge in [0.2, 0.25) is 0 Å². The van der Waals surface area contributed by atoms with E-state index in [0.29, 0.717) is 17.7 Å². The Morgan fingerprint density at radius 1 is 1.47 bits per heavy atom. The number of ether oxygens (including phenoxy) is 1. The highest BCUT2D eigenvalue weighted by atomic mass is 16.5. The SMILES string of the molecule is NC(=O)COc1cccc(NC2CC3CC=CC32)c1. The van der Waals surface area contributed by atoms with Crippen LogP contribution in [-0.2, 0) is 4.79 Å². The smallest absolute Gasteiger partial charge is 0.255 e. The molecule has 0 bridgehead atoms. The maximum absolute atomic E-state index is 10.7. The van der Waals surface area contributed by atoms with Gasteiger partial charge in [-0.25, -0.2) is 0 Å². The summed E-state index contributed by atoms with van der Waals surface area (Å²) in [7, 11) is 0. The molecule has 0 aliphatic heterocycles. The molecule has 4 nitrogen and oxygen atoms in total. The fraction of sp³-hybridized carbons (Fsp3) is 0.400. The largest absolute Gasteiger partial charge is 0.484 e. The molecule has 3 atom stereocenters. The van der Waals surface area contributed by atoms with Crippen molar-refractivity contribution in [2.24, 2.45) is 17.6 Å². The molecule has 1 aromatic carbocycles. The number of primary amides is 1. The topological polar surface area (TPSA) is 64.4 Å². The second-order valence-corrected chi connectivity index (χ2v) is 5.27. The van der Waals surface area contributed by atoms with Crippen LogP contribution in [0.15, 0.2) is 36.4 Å². The zero-order valence-electron chi connectivity index (χ0n) is 10.7. The van der Waals surface area contributed by atoms with Crippen molar-refractivity contribution in [3.8, 4) is 5.75 Å². The van der Waals surface area contributed by atoms with Crippen molar-refractivity contribution in [2.45, 2.75) is 18.9 Å². The van der Waals surface area contributed by atoms with Crippen LogP contribution in [0.4, 0.5) is 5.69 Å².